The maximum Gasteiger partial charge on any atom is 0.416 e. The molecule has 0 amide bonds. The standard InChI is InChI=1S/C34H14F12O2S/c35-31(36,37)17-5-15(6-18(11-17)32(38,39)40)13-1-3-21-23(9-13)27(47)29-25(21)26-22-4-2-14(10-24(22)28(48)30(26)49-29)16-7-19(33(41,42)43)12-20(8-16)34(44,45)46/h1-12,27,47H. The van der Waals surface area contributed by atoms with Crippen LogP contribution >= 0.6 is 11.3 Å². The Labute approximate surface area is 270 Å². The lowest BCUT2D eigenvalue weighted by Crippen LogP contribution is -2.11. The average Bonchev–Trinajstić information content (AvgIpc) is 3.62. The van der Waals surface area contributed by atoms with Crippen LogP contribution in [0, 0.1) is 0 Å². The lowest BCUT2D eigenvalue weighted by Gasteiger charge is -2.15. The molecule has 1 heterocycles. The van der Waals surface area contributed by atoms with Gasteiger partial charge in [0.1, 0.15) is 6.10 Å². The van der Waals surface area contributed by atoms with Gasteiger partial charge in [-0.25, -0.2) is 0 Å². The highest BCUT2D eigenvalue weighted by atomic mass is 32.1. The zero-order valence-electron chi connectivity index (χ0n) is 23.8. The van der Waals surface area contributed by atoms with Gasteiger partial charge in [-0.1, -0.05) is 24.3 Å². The number of alkyl halides is 12. The molecular formula is C34H14F12O2S. The number of aliphatic hydroxyl groups is 1. The fourth-order valence-electron chi connectivity index (χ4n) is 6.16. The second-order valence-corrected chi connectivity index (χ2v) is 12.5. The first-order valence-electron chi connectivity index (χ1n) is 13.9. The van der Waals surface area contributed by atoms with Gasteiger partial charge in [0.05, 0.1) is 27.1 Å². The summed E-state index contributed by atoms with van der Waals surface area (Å²) in [7, 11) is 0. The lowest BCUT2D eigenvalue weighted by atomic mass is 9.93. The van der Waals surface area contributed by atoms with Gasteiger partial charge >= 0.3 is 24.7 Å². The second kappa shape index (κ2) is 10.4. The van der Waals surface area contributed by atoms with Gasteiger partial charge in [0.25, 0.3) is 0 Å². The molecule has 49 heavy (non-hydrogen) atoms. The number of aliphatic hydroxyl groups excluding tert-OH is 1. The third-order valence-corrected chi connectivity index (χ3v) is 9.62. The minimum atomic E-state index is -5.09. The van der Waals surface area contributed by atoms with E-state index in [0.29, 0.717) is 41.0 Å². The van der Waals surface area contributed by atoms with Crippen molar-refractivity contribution in [3.05, 3.63) is 116 Å². The second-order valence-electron chi connectivity index (χ2n) is 11.4. The Hall–Kier alpha value is -4.63. The summed E-state index contributed by atoms with van der Waals surface area (Å²) in [6.07, 6.45) is -21.8. The number of benzene rings is 4. The van der Waals surface area contributed by atoms with Gasteiger partial charge in [-0.2, -0.15) is 52.7 Å². The molecule has 1 unspecified atom stereocenters. The highest BCUT2D eigenvalue weighted by Crippen LogP contribution is 2.58. The van der Waals surface area contributed by atoms with Crippen LogP contribution in [-0.4, -0.2) is 10.9 Å². The topological polar surface area (TPSA) is 37.3 Å². The maximum absolute atomic E-state index is 13.5. The summed E-state index contributed by atoms with van der Waals surface area (Å²) in [5.74, 6) is -0.594. The van der Waals surface area contributed by atoms with Crippen molar-refractivity contribution in [1.82, 2.24) is 0 Å². The monoisotopic (exact) mass is 714 g/mol. The number of thiophene rings is 1. The molecule has 0 radical (unpaired) electrons. The number of carbonyl (C=O) groups excluding carboxylic acids is 1. The molecular weight excluding hydrogens is 700 g/mol. The van der Waals surface area contributed by atoms with Crippen molar-refractivity contribution < 1.29 is 62.6 Å². The molecule has 0 spiro atoms. The highest BCUT2D eigenvalue weighted by Gasteiger charge is 2.42. The third kappa shape index (κ3) is 5.39. The molecule has 1 atom stereocenters. The number of halogens is 12. The van der Waals surface area contributed by atoms with Gasteiger partial charge in [-0.15, -0.1) is 11.3 Å². The molecule has 0 aliphatic heterocycles. The number of carbonyl (C=O) groups is 1. The fourth-order valence-corrected chi connectivity index (χ4v) is 7.45. The molecule has 2 aliphatic rings. The van der Waals surface area contributed by atoms with Crippen LogP contribution in [0.25, 0.3) is 44.5 Å². The number of fused-ring (bicyclic) bond motifs is 7. The van der Waals surface area contributed by atoms with Crippen molar-refractivity contribution in [3.63, 3.8) is 0 Å². The van der Waals surface area contributed by atoms with Crippen molar-refractivity contribution in [1.29, 1.82) is 0 Å². The van der Waals surface area contributed by atoms with Gasteiger partial charge in [0.2, 0.25) is 5.78 Å². The van der Waals surface area contributed by atoms with E-state index in [4.69, 9.17) is 0 Å². The zero-order valence-corrected chi connectivity index (χ0v) is 24.6. The quantitative estimate of drug-likeness (QED) is 0.181. The normalized spacial score (nSPS) is 15.7. The molecule has 0 fully saturated rings. The molecule has 0 saturated carbocycles. The van der Waals surface area contributed by atoms with Crippen molar-refractivity contribution in [2.24, 2.45) is 0 Å². The fraction of sp³-hybridized carbons (Fsp3) is 0.147. The van der Waals surface area contributed by atoms with E-state index >= 15 is 0 Å². The smallest absolute Gasteiger partial charge is 0.383 e. The van der Waals surface area contributed by atoms with Crippen molar-refractivity contribution in [3.8, 4) is 44.5 Å². The molecule has 0 bridgehead atoms. The van der Waals surface area contributed by atoms with Gasteiger partial charge in [0.15, 0.2) is 0 Å². The number of hydrogen-bond donors (Lipinski definition) is 1. The summed E-state index contributed by atoms with van der Waals surface area (Å²) in [4.78, 5) is 13.9. The first-order chi connectivity index (χ1) is 22.6. The predicted molar refractivity (Wildman–Crippen MR) is 154 cm³/mol. The maximum atomic E-state index is 13.5. The Morgan fingerprint density at radius 3 is 1.37 bits per heavy atom. The van der Waals surface area contributed by atoms with E-state index < -0.39 is 70.0 Å². The van der Waals surface area contributed by atoms with Crippen molar-refractivity contribution in [2.75, 3.05) is 0 Å². The molecule has 15 heteroatoms. The molecule has 7 rings (SSSR count). The summed E-state index contributed by atoms with van der Waals surface area (Å²) in [6.45, 7) is 0. The summed E-state index contributed by atoms with van der Waals surface area (Å²) >= 11 is 0.872. The van der Waals surface area contributed by atoms with Crippen LogP contribution < -0.4 is 0 Å². The average molecular weight is 715 g/mol. The lowest BCUT2D eigenvalue weighted by molar-refractivity contribution is -0.144. The van der Waals surface area contributed by atoms with Gasteiger partial charge in [0, 0.05) is 21.6 Å². The van der Waals surface area contributed by atoms with E-state index in [1.54, 1.807) is 0 Å². The van der Waals surface area contributed by atoms with Crippen LogP contribution in [0.15, 0.2) is 72.8 Å². The summed E-state index contributed by atoms with van der Waals surface area (Å²) in [5, 5.41) is 11.2. The van der Waals surface area contributed by atoms with Gasteiger partial charge in [-0.3, -0.25) is 4.79 Å². The molecule has 1 aromatic heterocycles. The number of rotatable bonds is 2. The van der Waals surface area contributed by atoms with E-state index in [0.717, 1.165) is 11.3 Å². The summed E-state index contributed by atoms with van der Waals surface area (Å²) in [5.41, 5.74) is -5.67. The largest absolute Gasteiger partial charge is 0.416 e. The first-order valence-corrected chi connectivity index (χ1v) is 14.7. The Morgan fingerprint density at radius 1 is 0.490 bits per heavy atom. The predicted octanol–water partition coefficient (Wildman–Crippen LogP) is 11.4. The van der Waals surface area contributed by atoms with Crippen LogP contribution in [0.2, 0.25) is 0 Å². The Balaban J connectivity index is 1.32. The first kappa shape index (κ1) is 32.9. The van der Waals surface area contributed by atoms with E-state index in [1.165, 1.54) is 36.4 Å². The van der Waals surface area contributed by atoms with E-state index in [9.17, 15) is 62.6 Å². The van der Waals surface area contributed by atoms with E-state index in [-0.39, 0.29) is 49.7 Å². The van der Waals surface area contributed by atoms with E-state index in [1.807, 2.05) is 0 Å². The number of ketones is 1. The molecule has 2 nitrogen and oxygen atoms in total. The van der Waals surface area contributed by atoms with Gasteiger partial charge < -0.3 is 5.11 Å². The molecule has 2 aliphatic carbocycles. The van der Waals surface area contributed by atoms with E-state index in [2.05, 4.69) is 0 Å². The SMILES string of the molecule is O=C1c2cc(-c3cc(C(F)(F)F)cc(C(F)(F)F)c3)ccc2-c2c1sc1c2-c2ccc(-c3cc(C(F)(F)F)cc(C(F)(F)F)c3)cc2C1O. The molecule has 0 saturated heterocycles. The third-order valence-electron chi connectivity index (χ3n) is 8.38. The Morgan fingerprint density at radius 2 is 0.918 bits per heavy atom. The van der Waals surface area contributed by atoms with Gasteiger partial charge in [-0.05, 0) is 87.5 Å². The number of hydrogen-bond acceptors (Lipinski definition) is 3. The molecule has 252 valence electrons. The minimum Gasteiger partial charge on any atom is -0.383 e. The molecule has 1 N–H and O–H groups in total. The summed E-state index contributed by atoms with van der Waals surface area (Å²) < 4.78 is 162. The van der Waals surface area contributed by atoms with Crippen LogP contribution in [0.4, 0.5) is 52.7 Å². The van der Waals surface area contributed by atoms with Crippen LogP contribution in [0.3, 0.4) is 0 Å². The minimum absolute atomic E-state index is 0.00528. The molecule has 4 aromatic carbocycles. The highest BCUT2D eigenvalue weighted by molar-refractivity contribution is 7.16. The summed E-state index contributed by atoms with van der Waals surface area (Å²) in [6, 6.07) is 9.86. The van der Waals surface area contributed by atoms with Crippen LogP contribution in [0.5, 0.6) is 0 Å². The Kier molecular flexibility index (Phi) is 7.01. The van der Waals surface area contributed by atoms with Crippen molar-refractivity contribution >= 4 is 17.1 Å². The van der Waals surface area contributed by atoms with Crippen LogP contribution in [0.1, 0.15) is 54.0 Å². The molecule has 5 aromatic rings. The Bertz CT molecular complexity index is 2150. The van der Waals surface area contributed by atoms with Crippen molar-refractivity contribution in [2.45, 2.75) is 30.8 Å². The van der Waals surface area contributed by atoms with Crippen LogP contribution in [-0.2, 0) is 24.7 Å². The zero-order chi connectivity index (χ0) is 35.6.